The quantitative estimate of drug-likeness (QED) is 0.0391. The lowest BCUT2D eigenvalue weighted by Gasteiger charge is -2.49. The third kappa shape index (κ3) is 17.0. The van der Waals surface area contributed by atoms with Crippen LogP contribution in [0, 0.1) is 11.8 Å². The van der Waals surface area contributed by atoms with Crippen LogP contribution < -0.4 is 10.7 Å². The lowest BCUT2D eigenvalue weighted by Crippen LogP contribution is -2.61. The number of hydrogen-bond acceptors (Lipinski definition) is 19. The molecular formula is C59H97N3O18. The number of esters is 2. The number of aliphatic hydroxyl groups excluding tert-OH is 2. The van der Waals surface area contributed by atoms with E-state index in [1.165, 1.54) is 20.2 Å². The third-order valence-corrected chi connectivity index (χ3v) is 16.7. The maximum atomic E-state index is 14.6. The van der Waals surface area contributed by atoms with Gasteiger partial charge in [0, 0.05) is 55.8 Å². The number of aliphatic hydroxyl groups is 4. The smallest absolute Gasteiger partial charge is 0.341 e. The summed E-state index contributed by atoms with van der Waals surface area (Å²) in [5.74, 6) is -4.48. The summed E-state index contributed by atoms with van der Waals surface area (Å²) in [4.78, 5) is 54.7. The minimum atomic E-state index is -1.86. The summed E-state index contributed by atoms with van der Waals surface area (Å²) >= 11 is 0. The van der Waals surface area contributed by atoms with Gasteiger partial charge in [-0.05, 0) is 132 Å². The van der Waals surface area contributed by atoms with Crippen LogP contribution in [-0.4, -0.2) is 198 Å². The molecule has 456 valence electrons. The van der Waals surface area contributed by atoms with Crippen LogP contribution in [0.5, 0.6) is 0 Å². The van der Waals surface area contributed by atoms with Gasteiger partial charge in [0.25, 0.3) is 0 Å². The van der Waals surface area contributed by atoms with Crippen molar-refractivity contribution in [1.29, 1.82) is 0 Å². The van der Waals surface area contributed by atoms with Gasteiger partial charge in [0.15, 0.2) is 18.7 Å². The summed E-state index contributed by atoms with van der Waals surface area (Å²) in [6, 6.07) is 4.96. The molecule has 17 atom stereocenters. The number of benzene rings is 1. The predicted molar refractivity (Wildman–Crippen MR) is 298 cm³/mol. The number of unbranched alkanes of at least 4 members (excludes halogenated alkanes) is 1. The molecule has 3 heterocycles. The normalized spacial score (nSPS) is 27.8. The zero-order valence-electron chi connectivity index (χ0n) is 50.0. The van der Waals surface area contributed by atoms with Crippen molar-refractivity contribution in [3.8, 4) is 0 Å². The van der Waals surface area contributed by atoms with Gasteiger partial charge in [-0.2, -0.15) is 0 Å². The van der Waals surface area contributed by atoms with Gasteiger partial charge in [-0.25, -0.2) is 4.79 Å². The molecule has 21 heteroatoms. The monoisotopic (exact) mass is 1140 g/mol. The molecule has 21 nitrogen and oxygen atoms in total. The fourth-order valence-electron chi connectivity index (χ4n) is 11.4. The van der Waals surface area contributed by atoms with E-state index in [9.17, 15) is 44.7 Å². The lowest BCUT2D eigenvalue weighted by molar-refractivity contribution is -0.318. The van der Waals surface area contributed by atoms with Crippen molar-refractivity contribution in [2.45, 2.75) is 236 Å². The summed E-state index contributed by atoms with van der Waals surface area (Å²) in [6.07, 6.45) is -2.99. The van der Waals surface area contributed by atoms with Gasteiger partial charge in [-0.3, -0.25) is 14.4 Å². The van der Waals surface area contributed by atoms with Crippen LogP contribution in [0.1, 0.15) is 155 Å². The number of fused-ring (bicyclic) bond motifs is 1. The molecule has 2 aliphatic heterocycles. The molecule has 3 fully saturated rings. The van der Waals surface area contributed by atoms with Gasteiger partial charge in [0.2, 0.25) is 5.43 Å². The Morgan fingerprint density at radius 3 is 2.26 bits per heavy atom. The second-order valence-corrected chi connectivity index (χ2v) is 23.6. The highest BCUT2D eigenvalue weighted by atomic mass is 16.7. The van der Waals surface area contributed by atoms with E-state index in [0.29, 0.717) is 44.1 Å². The number of carboxylic acids is 1. The number of rotatable bonds is 33. The van der Waals surface area contributed by atoms with Crippen LogP contribution in [-0.2, 0) is 58.6 Å². The number of pyridine rings is 1. The van der Waals surface area contributed by atoms with Gasteiger partial charge in [-0.15, -0.1) is 0 Å². The molecule has 3 aliphatic rings. The Morgan fingerprint density at radius 1 is 0.988 bits per heavy atom. The average molecular weight is 1140 g/mol. The van der Waals surface area contributed by atoms with Crippen LogP contribution in [0.3, 0.4) is 0 Å². The second kappa shape index (κ2) is 29.7. The van der Waals surface area contributed by atoms with Crippen molar-refractivity contribution in [1.82, 2.24) is 14.8 Å². The Kier molecular flexibility index (Phi) is 24.9. The second-order valence-electron chi connectivity index (χ2n) is 23.6. The number of hydrogen-bond donors (Lipinski definition) is 6. The van der Waals surface area contributed by atoms with Crippen LogP contribution in [0.4, 0.5) is 0 Å². The largest absolute Gasteiger partial charge is 0.477 e. The van der Waals surface area contributed by atoms with E-state index in [2.05, 4.69) is 5.32 Å². The predicted octanol–water partition coefficient (Wildman–Crippen LogP) is 5.29. The molecule has 1 saturated carbocycles. The summed E-state index contributed by atoms with van der Waals surface area (Å²) in [5, 5.41) is 59.9. The maximum absolute atomic E-state index is 14.6. The SMILES string of the molecule is CCCC[C@@](C)(O)[C@H](O[C@@H]1O[C@H](C)C[C@H](N(C)C)[C@H]1O)[C@@H](C)[C@H](O[C@H]1C[C@@](C)(OC)[C@@H](OC(=O)CCOCCOCCCc2ccc3c(c2)c(=O)c(C(=O)O)cn3C2CC2)[C@H](C)O1)[C@@H](C)C(=O)O[C@H](CC)[C@@](C)(O)[C@H](O)[C@@H](C)NC. The topological polar surface area (TPSA) is 273 Å². The van der Waals surface area contributed by atoms with E-state index in [1.54, 1.807) is 61.6 Å². The van der Waals surface area contributed by atoms with Gasteiger partial charge in [0.1, 0.15) is 35.1 Å². The number of nitrogens with one attached hydrogen (secondary N) is 1. The third-order valence-electron chi connectivity index (χ3n) is 16.7. The molecule has 0 unspecified atom stereocenters. The maximum Gasteiger partial charge on any atom is 0.341 e. The van der Waals surface area contributed by atoms with E-state index in [4.69, 9.17) is 42.6 Å². The van der Waals surface area contributed by atoms with Gasteiger partial charge in [-0.1, -0.05) is 39.7 Å². The number of aromatic nitrogens is 1. The number of aromatic carboxylic acids is 1. The number of methoxy groups -OCH3 is 1. The zero-order chi connectivity index (χ0) is 59.4. The van der Waals surface area contributed by atoms with Crippen molar-refractivity contribution in [2.75, 3.05) is 54.7 Å². The van der Waals surface area contributed by atoms with Crippen molar-refractivity contribution in [3.63, 3.8) is 0 Å². The first-order chi connectivity index (χ1) is 37.6. The molecule has 2 aromatic rings. The molecule has 0 radical (unpaired) electrons. The number of likely N-dealkylation sites (N-methyl/N-ethyl adjacent to an activating group) is 2. The number of carboxylic acid groups (broad SMARTS) is 1. The Morgan fingerprint density at radius 2 is 1.66 bits per heavy atom. The van der Waals surface area contributed by atoms with Crippen molar-refractivity contribution < 1.29 is 82.5 Å². The van der Waals surface area contributed by atoms with Crippen molar-refractivity contribution >= 4 is 28.8 Å². The van der Waals surface area contributed by atoms with Gasteiger partial charge >= 0.3 is 17.9 Å². The Bertz CT molecular complexity index is 2360. The molecular weight excluding hydrogens is 1040 g/mol. The van der Waals surface area contributed by atoms with Gasteiger partial charge in [0.05, 0.1) is 67.7 Å². The molecule has 1 aromatic heterocycles. The molecule has 1 aliphatic carbocycles. The fraction of sp³-hybridized carbons (Fsp3) is 0.797. The molecule has 80 heavy (non-hydrogen) atoms. The Balaban J connectivity index is 1.23. The van der Waals surface area contributed by atoms with E-state index < -0.39 is 113 Å². The first kappa shape index (κ1) is 67.1. The summed E-state index contributed by atoms with van der Waals surface area (Å²) in [7, 11) is 6.88. The minimum absolute atomic E-state index is 0.0296. The van der Waals surface area contributed by atoms with Crippen molar-refractivity contribution in [3.05, 3.63) is 45.7 Å². The Labute approximate surface area is 473 Å². The molecule has 6 N–H and O–H groups in total. The van der Waals surface area contributed by atoms with Crippen LogP contribution in [0.2, 0.25) is 0 Å². The highest BCUT2D eigenvalue weighted by molar-refractivity contribution is 5.92. The van der Waals surface area contributed by atoms with E-state index in [0.717, 1.165) is 30.3 Å². The molecule has 0 spiro atoms. The number of carbonyl (C=O) groups is 3. The number of aryl methyl sites for hydroxylation is 1. The molecule has 0 amide bonds. The minimum Gasteiger partial charge on any atom is -0.477 e. The summed E-state index contributed by atoms with van der Waals surface area (Å²) in [5.41, 5.74) is -3.64. The highest BCUT2D eigenvalue weighted by Crippen LogP contribution is 2.41. The van der Waals surface area contributed by atoms with Crippen LogP contribution in [0.15, 0.2) is 29.2 Å². The molecule has 2 saturated heterocycles. The standard InChI is InChI=1S/C59H97N3O18/c1-15-17-25-57(8,70)52(80-56-49(65)44(61(12)13)30-34(3)75-56)35(4)50(36(5)55(69)77-45(16-2)59(10,71)51(66)37(6)60-11)79-47-32-58(9,72-14)53(38(7)76-47)78-46(63)24-27-74-29-28-73-26-18-19-39-20-23-43-41(31-39)48(64)42(54(67)68)33-62(43)40-21-22-40/h20,23,31,33-38,40,44-45,47,49-53,56,60,65-66,70-71H,15-19,21-22,24-30,32H2,1-14H3,(H,67,68)/t34-,35+,36-,37-,38+,44+,45-,47+,49-,50+,51-,52-,53+,56+,57-,58-,59-/m1/s1. The first-order valence-electron chi connectivity index (χ1n) is 28.9. The average Bonchev–Trinajstić information content (AvgIpc) is 4.26. The van der Waals surface area contributed by atoms with E-state index in [-0.39, 0.29) is 62.8 Å². The van der Waals surface area contributed by atoms with Gasteiger partial charge < -0.3 is 82.9 Å². The van der Waals surface area contributed by atoms with E-state index in [1.807, 2.05) is 49.5 Å². The molecule has 5 rings (SSSR count). The number of nitrogens with zero attached hydrogens (tertiary/aromatic N) is 2. The number of ether oxygens (including phenoxy) is 9. The first-order valence-corrected chi connectivity index (χ1v) is 28.9. The zero-order valence-corrected chi connectivity index (χ0v) is 50.0. The van der Waals surface area contributed by atoms with Crippen molar-refractivity contribution in [2.24, 2.45) is 11.8 Å². The lowest BCUT2D eigenvalue weighted by atomic mass is 9.79. The molecule has 1 aromatic carbocycles. The summed E-state index contributed by atoms with van der Waals surface area (Å²) < 4.78 is 58.0. The number of carbonyl (C=O) groups excluding carboxylic acids is 2. The molecule has 0 bridgehead atoms. The van der Waals surface area contributed by atoms with Crippen LogP contribution in [0.25, 0.3) is 10.9 Å². The van der Waals surface area contributed by atoms with Crippen LogP contribution >= 0.6 is 0 Å². The fourth-order valence-corrected chi connectivity index (χ4v) is 11.4. The summed E-state index contributed by atoms with van der Waals surface area (Å²) in [6.45, 7) is 18.3. The Hall–Kier alpha value is -3.68. The van der Waals surface area contributed by atoms with E-state index >= 15 is 0 Å². The highest BCUT2D eigenvalue weighted by Gasteiger charge is 2.53.